The molecule has 0 saturated carbocycles. The minimum absolute atomic E-state index is 0.0106. The molecular weight excluding hydrogens is 876 g/mol. The Bertz CT molecular complexity index is 3390. The number of thiophene rings is 1. The van der Waals surface area contributed by atoms with Gasteiger partial charge in [-0.15, -0.1) is 11.3 Å². The number of hydrogen-bond donors (Lipinski definition) is 0. The average Bonchev–Trinajstić information content (AvgIpc) is 3.68. The highest BCUT2D eigenvalue weighted by Crippen LogP contribution is 2.56. The zero-order valence-electron chi connectivity index (χ0n) is 45.9. The topological polar surface area (TPSA) is 6.48 Å². The second-order valence-electron chi connectivity index (χ2n) is 27.9. The fraction of sp³-hybridized carbons (Fsp3) is 0.433. The molecule has 71 heavy (non-hydrogen) atoms. The van der Waals surface area contributed by atoms with Crippen molar-refractivity contribution < 1.29 is 0 Å². The summed E-state index contributed by atoms with van der Waals surface area (Å²) in [6, 6.07) is 42.1. The molecule has 7 aromatic rings. The lowest BCUT2D eigenvalue weighted by molar-refractivity contribution is 0.332. The summed E-state index contributed by atoms with van der Waals surface area (Å²) in [7, 11) is 0. The largest absolute Gasteiger partial charge is 0.311 e. The SMILES string of the molecule is Cc1cc2c3c(c1)N(c1ccc(C(C)(C)C)cc1-c1ccccc1)c1sc4cc5c(cc4c1B3c1cc3c(cc1N2c1ccc2c(c1)C(C)(C)CCC2(C)C)C(C)(C)CCC3(C)C)C(C)(C)CCC5(C)C. The van der Waals surface area contributed by atoms with E-state index in [1.54, 1.807) is 0 Å². The Morgan fingerprint density at radius 1 is 0.465 bits per heavy atom. The zero-order valence-corrected chi connectivity index (χ0v) is 46.8. The normalized spacial score (nSPS) is 20.4. The van der Waals surface area contributed by atoms with Gasteiger partial charge in [-0.2, -0.15) is 0 Å². The molecule has 0 N–H and O–H groups in total. The lowest BCUT2D eigenvalue weighted by Gasteiger charge is -2.47. The van der Waals surface area contributed by atoms with E-state index in [0.717, 1.165) is 0 Å². The molecule has 0 fully saturated rings. The fourth-order valence-electron chi connectivity index (χ4n) is 14.1. The summed E-state index contributed by atoms with van der Waals surface area (Å²) in [5, 5.41) is 2.80. The molecule has 0 bridgehead atoms. The Hall–Kier alpha value is -5.06. The third kappa shape index (κ3) is 6.98. The maximum absolute atomic E-state index is 2.74. The van der Waals surface area contributed by atoms with Crippen molar-refractivity contribution in [3.8, 4) is 11.1 Å². The highest BCUT2D eigenvalue weighted by Gasteiger charge is 2.49. The summed E-state index contributed by atoms with van der Waals surface area (Å²) in [5.74, 6) is 0. The van der Waals surface area contributed by atoms with Crippen LogP contribution in [0.2, 0.25) is 0 Å². The standard InChI is InChI=1S/C67H77BN2S/c1-40-32-55-59-56(33-40)70(53-25-22-42(61(2,3)4)34-44(53)41-20-18-17-19-21-41)60-58(45-36-48-51(39-57(45)71-60)67(15,16)31-28-64(48,9)10)68(59)52-37-49-50(66(13,14)30-29-65(49,11)12)38-54(52)69(55)43-23-24-46-47(35-43)63(7,8)27-26-62(46,5)6/h17-25,32-39H,26-31H2,1-16H3. The third-order valence-corrected chi connectivity index (χ3v) is 20.2. The van der Waals surface area contributed by atoms with Crippen LogP contribution in [0.3, 0.4) is 0 Å². The average molecular weight is 953 g/mol. The number of benzene rings is 6. The maximum Gasteiger partial charge on any atom is 0.254 e. The van der Waals surface area contributed by atoms with Gasteiger partial charge in [0.1, 0.15) is 0 Å². The Kier molecular flexibility index (Phi) is 9.94. The van der Waals surface area contributed by atoms with Crippen molar-refractivity contribution in [1.82, 2.24) is 0 Å². The van der Waals surface area contributed by atoms with Crippen LogP contribution in [0.4, 0.5) is 33.4 Å². The summed E-state index contributed by atoms with van der Waals surface area (Å²) >= 11 is 2.04. The summed E-state index contributed by atoms with van der Waals surface area (Å²) in [5.41, 5.74) is 25.7. The molecule has 0 amide bonds. The molecule has 0 atom stereocenters. The highest BCUT2D eigenvalue weighted by molar-refractivity contribution is 7.26. The van der Waals surface area contributed by atoms with E-state index < -0.39 is 0 Å². The van der Waals surface area contributed by atoms with Crippen molar-refractivity contribution in [3.63, 3.8) is 0 Å². The van der Waals surface area contributed by atoms with Crippen LogP contribution in [0.5, 0.6) is 0 Å². The van der Waals surface area contributed by atoms with Crippen LogP contribution >= 0.6 is 11.3 Å². The molecule has 4 heteroatoms. The van der Waals surface area contributed by atoms with E-state index in [0.29, 0.717) is 0 Å². The van der Waals surface area contributed by atoms with E-state index in [1.807, 2.05) is 11.3 Å². The molecule has 0 spiro atoms. The molecule has 5 aliphatic rings. The van der Waals surface area contributed by atoms with Crippen molar-refractivity contribution in [2.75, 3.05) is 9.80 Å². The predicted molar refractivity (Wildman–Crippen MR) is 311 cm³/mol. The van der Waals surface area contributed by atoms with Gasteiger partial charge in [-0.1, -0.05) is 152 Å². The molecule has 3 heterocycles. The monoisotopic (exact) mass is 953 g/mol. The number of nitrogens with zero attached hydrogens (tertiary/aromatic N) is 2. The lowest BCUT2D eigenvalue weighted by Crippen LogP contribution is -2.61. The summed E-state index contributed by atoms with van der Waals surface area (Å²) in [6.45, 7) is 39.3. The molecule has 1 aromatic heterocycles. The van der Waals surface area contributed by atoms with E-state index in [2.05, 4.69) is 224 Å². The van der Waals surface area contributed by atoms with Gasteiger partial charge in [0.25, 0.3) is 6.71 Å². The Labute approximate surface area is 431 Å². The van der Waals surface area contributed by atoms with Crippen LogP contribution in [-0.4, -0.2) is 6.71 Å². The molecule has 12 rings (SSSR count). The van der Waals surface area contributed by atoms with E-state index in [4.69, 9.17) is 0 Å². The van der Waals surface area contributed by atoms with Crippen LogP contribution in [0.25, 0.3) is 21.2 Å². The number of anilines is 6. The number of fused-ring (bicyclic) bond motifs is 9. The summed E-state index contributed by atoms with van der Waals surface area (Å²) < 4.78 is 1.41. The maximum atomic E-state index is 2.74. The van der Waals surface area contributed by atoms with Crippen molar-refractivity contribution in [3.05, 3.63) is 148 Å². The first-order valence-electron chi connectivity index (χ1n) is 27.1. The Morgan fingerprint density at radius 3 is 1.58 bits per heavy atom. The van der Waals surface area contributed by atoms with Crippen molar-refractivity contribution >= 4 is 78.0 Å². The number of hydrogen-bond acceptors (Lipinski definition) is 3. The van der Waals surface area contributed by atoms with E-state index in [-0.39, 0.29) is 44.6 Å². The second kappa shape index (κ2) is 15.0. The van der Waals surface area contributed by atoms with E-state index >= 15 is 0 Å². The first-order valence-corrected chi connectivity index (χ1v) is 27.9. The zero-order chi connectivity index (χ0) is 50.3. The molecule has 364 valence electrons. The van der Waals surface area contributed by atoms with E-state index in [1.165, 1.54) is 154 Å². The summed E-state index contributed by atoms with van der Waals surface area (Å²) in [4.78, 5) is 5.47. The highest BCUT2D eigenvalue weighted by atomic mass is 32.1. The van der Waals surface area contributed by atoms with Crippen molar-refractivity contribution in [2.45, 2.75) is 187 Å². The first-order chi connectivity index (χ1) is 33.2. The van der Waals surface area contributed by atoms with Crippen LogP contribution in [0.15, 0.2) is 103 Å². The molecule has 3 aliphatic carbocycles. The smallest absolute Gasteiger partial charge is 0.254 e. The van der Waals surface area contributed by atoms with Gasteiger partial charge in [0, 0.05) is 33.0 Å². The first kappa shape index (κ1) is 47.0. The minimum atomic E-state index is -0.0106. The molecule has 0 radical (unpaired) electrons. The number of rotatable bonds is 3. The van der Waals surface area contributed by atoms with Crippen molar-refractivity contribution in [2.24, 2.45) is 0 Å². The Balaban J connectivity index is 1.24. The van der Waals surface area contributed by atoms with Gasteiger partial charge < -0.3 is 9.80 Å². The van der Waals surface area contributed by atoms with Gasteiger partial charge in [0.15, 0.2) is 0 Å². The fourth-order valence-corrected chi connectivity index (χ4v) is 15.3. The molecule has 2 aliphatic heterocycles. The quantitative estimate of drug-likeness (QED) is 0.163. The van der Waals surface area contributed by atoms with Crippen LogP contribution < -0.4 is 26.2 Å². The lowest BCUT2D eigenvalue weighted by atomic mass is 9.33. The second-order valence-corrected chi connectivity index (χ2v) is 28.9. The van der Waals surface area contributed by atoms with Crippen LogP contribution in [-0.2, 0) is 37.9 Å². The third-order valence-electron chi connectivity index (χ3n) is 19.1. The molecule has 6 aromatic carbocycles. The molecule has 0 saturated heterocycles. The molecule has 0 unspecified atom stereocenters. The minimum Gasteiger partial charge on any atom is -0.311 e. The van der Waals surface area contributed by atoms with E-state index in [9.17, 15) is 0 Å². The van der Waals surface area contributed by atoms with Gasteiger partial charge in [-0.05, 0) is 210 Å². The van der Waals surface area contributed by atoms with Gasteiger partial charge in [-0.25, -0.2) is 0 Å². The van der Waals surface area contributed by atoms with Crippen molar-refractivity contribution in [1.29, 1.82) is 0 Å². The number of aryl methyl sites for hydroxylation is 1. The van der Waals surface area contributed by atoms with Gasteiger partial charge >= 0.3 is 0 Å². The van der Waals surface area contributed by atoms with Gasteiger partial charge in [-0.3, -0.25) is 0 Å². The van der Waals surface area contributed by atoms with Crippen LogP contribution in [0, 0.1) is 6.92 Å². The molecular formula is C67H77BN2S. The predicted octanol–water partition coefficient (Wildman–Crippen LogP) is 17.3. The Morgan fingerprint density at radius 2 is 0.986 bits per heavy atom. The van der Waals surface area contributed by atoms with Gasteiger partial charge in [0.05, 0.1) is 10.7 Å². The summed E-state index contributed by atoms with van der Waals surface area (Å²) in [6.07, 6.45) is 7.14. The molecule has 2 nitrogen and oxygen atoms in total. The van der Waals surface area contributed by atoms with Gasteiger partial charge in [0.2, 0.25) is 0 Å². The van der Waals surface area contributed by atoms with Crippen LogP contribution in [0.1, 0.15) is 187 Å².